The topological polar surface area (TPSA) is 106 Å². The molecule has 0 spiro atoms. The Hall–Kier alpha value is -2.85. The maximum absolute atomic E-state index is 13.1. The van der Waals surface area contributed by atoms with Crippen LogP contribution in [0, 0.1) is 19.8 Å². The lowest BCUT2D eigenvalue weighted by Gasteiger charge is -2.18. The number of nitrogens with one attached hydrogen (secondary N) is 2. The minimum Gasteiger partial charge on any atom is -0.383 e. The Morgan fingerprint density at radius 2 is 2.06 bits per heavy atom. The molecule has 33 heavy (non-hydrogen) atoms. The summed E-state index contributed by atoms with van der Waals surface area (Å²) in [4.78, 5) is 39.8. The molecule has 2 aromatic rings. The molecule has 1 atom stereocenters. The second-order valence-corrected chi connectivity index (χ2v) is 9.42. The number of aryl methyl sites for hydroxylation is 2. The van der Waals surface area contributed by atoms with E-state index in [1.807, 2.05) is 32.0 Å². The van der Waals surface area contributed by atoms with Crippen LogP contribution >= 0.6 is 11.8 Å². The van der Waals surface area contributed by atoms with Crippen LogP contribution < -0.4 is 15.5 Å². The smallest absolute Gasteiger partial charge is 0.241 e. The summed E-state index contributed by atoms with van der Waals surface area (Å²) in [6, 6.07) is 5.89. The van der Waals surface area contributed by atoms with Crippen LogP contribution in [0.4, 0.5) is 11.5 Å². The summed E-state index contributed by atoms with van der Waals surface area (Å²) in [5.74, 6) is 1.07. The van der Waals surface area contributed by atoms with E-state index in [9.17, 15) is 14.4 Å². The van der Waals surface area contributed by atoms with Crippen molar-refractivity contribution < 1.29 is 19.1 Å². The molecule has 2 aliphatic heterocycles. The van der Waals surface area contributed by atoms with Crippen molar-refractivity contribution in [1.82, 2.24) is 15.1 Å². The zero-order valence-corrected chi connectivity index (χ0v) is 20.0. The Labute approximate surface area is 197 Å². The predicted octanol–water partition coefficient (Wildman–Crippen LogP) is 2.00. The average molecular weight is 472 g/mol. The Bertz CT molecular complexity index is 1080. The van der Waals surface area contributed by atoms with Gasteiger partial charge in [-0.25, -0.2) is 4.68 Å². The lowest BCUT2D eigenvalue weighted by molar-refractivity contribution is -0.122. The first kappa shape index (κ1) is 23.3. The molecule has 1 aromatic heterocycles. The van der Waals surface area contributed by atoms with Crippen LogP contribution in [0.1, 0.15) is 28.8 Å². The molecule has 2 N–H and O–H groups in total. The number of benzene rings is 1. The van der Waals surface area contributed by atoms with Crippen molar-refractivity contribution in [3.05, 3.63) is 40.6 Å². The van der Waals surface area contributed by atoms with Gasteiger partial charge in [-0.2, -0.15) is 16.9 Å². The minimum atomic E-state index is -0.470. The number of carbonyl (C=O) groups excluding carboxylic acids is 3. The SMILES string of the molecule is COCCNC(=O)Cn1nc2c(c1NC(=O)C1CC(=O)N(c3ccc(C)c(C)c3)C1)CSC2. The Balaban J connectivity index is 1.46. The third-order valence-corrected chi connectivity index (χ3v) is 7.05. The predicted molar refractivity (Wildman–Crippen MR) is 127 cm³/mol. The second-order valence-electron chi connectivity index (χ2n) is 8.43. The number of nitrogens with zero attached hydrogens (tertiary/aromatic N) is 3. The fourth-order valence-corrected chi connectivity index (χ4v) is 5.08. The van der Waals surface area contributed by atoms with E-state index in [4.69, 9.17) is 4.74 Å². The fourth-order valence-electron chi connectivity index (χ4n) is 4.05. The van der Waals surface area contributed by atoms with Crippen molar-refractivity contribution in [3.63, 3.8) is 0 Å². The van der Waals surface area contributed by atoms with Gasteiger partial charge in [-0.15, -0.1) is 0 Å². The van der Waals surface area contributed by atoms with E-state index in [2.05, 4.69) is 15.7 Å². The van der Waals surface area contributed by atoms with Gasteiger partial charge in [0.2, 0.25) is 17.7 Å². The molecule has 1 unspecified atom stereocenters. The molecule has 0 bridgehead atoms. The highest BCUT2D eigenvalue weighted by Gasteiger charge is 2.36. The molecular weight excluding hydrogens is 442 g/mol. The maximum atomic E-state index is 13.1. The molecular formula is C23H29N5O4S. The van der Waals surface area contributed by atoms with E-state index in [1.165, 1.54) is 0 Å². The van der Waals surface area contributed by atoms with Crippen LogP contribution in [-0.4, -0.2) is 54.3 Å². The number of amides is 3. The molecule has 1 fully saturated rings. The number of anilines is 2. The molecule has 9 nitrogen and oxygen atoms in total. The highest BCUT2D eigenvalue weighted by Crippen LogP contribution is 2.35. The third-order valence-electron chi connectivity index (χ3n) is 6.08. The van der Waals surface area contributed by atoms with E-state index < -0.39 is 5.92 Å². The van der Waals surface area contributed by atoms with Gasteiger partial charge >= 0.3 is 0 Å². The van der Waals surface area contributed by atoms with Gasteiger partial charge in [0, 0.05) is 49.4 Å². The number of ether oxygens (including phenoxy) is 1. The maximum Gasteiger partial charge on any atom is 0.241 e. The normalized spacial score (nSPS) is 17.4. The standard InChI is InChI=1S/C23H29N5O4S/c1-14-4-5-17(8-15(14)2)27-10-16(9-21(27)30)23(31)25-22-18-12-33-13-19(18)26-28(22)11-20(29)24-6-7-32-3/h4-5,8,16H,6-7,9-13H2,1-3H3,(H,24,29)(H,25,31). The number of rotatable bonds is 8. The number of carbonyl (C=O) groups is 3. The van der Waals surface area contributed by atoms with Crippen molar-refractivity contribution in [2.45, 2.75) is 38.3 Å². The molecule has 1 aromatic carbocycles. The molecule has 1 saturated heterocycles. The Morgan fingerprint density at radius 1 is 1.24 bits per heavy atom. The van der Waals surface area contributed by atoms with Crippen LogP contribution in [0.5, 0.6) is 0 Å². The van der Waals surface area contributed by atoms with Crippen LogP contribution in [-0.2, 0) is 37.2 Å². The first-order valence-electron chi connectivity index (χ1n) is 11.0. The van der Waals surface area contributed by atoms with Crippen molar-refractivity contribution in [2.24, 2.45) is 5.92 Å². The highest BCUT2D eigenvalue weighted by atomic mass is 32.2. The lowest BCUT2D eigenvalue weighted by atomic mass is 10.1. The second kappa shape index (κ2) is 9.96. The number of methoxy groups -OCH3 is 1. The summed E-state index contributed by atoms with van der Waals surface area (Å²) >= 11 is 1.72. The minimum absolute atomic E-state index is 0.00929. The van der Waals surface area contributed by atoms with Gasteiger partial charge in [-0.1, -0.05) is 6.07 Å². The van der Waals surface area contributed by atoms with Crippen molar-refractivity contribution in [2.75, 3.05) is 37.0 Å². The van der Waals surface area contributed by atoms with Crippen LogP contribution in [0.3, 0.4) is 0 Å². The Morgan fingerprint density at radius 3 is 2.82 bits per heavy atom. The first-order chi connectivity index (χ1) is 15.9. The van der Waals surface area contributed by atoms with Crippen molar-refractivity contribution in [3.8, 4) is 0 Å². The van der Waals surface area contributed by atoms with Crippen LogP contribution in [0.2, 0.25) is 0 Å². The number of hydrogen-bond acceptors (Lipinski definition) is 6. The zero-order valence-electron chi connectivity index (χ0n) is 19.1. The average Bonchev–Trinajstić information content (AvgIpc) is 3.47. The first-order valence-corrected chi connectivity index (χ1v) is 12.1. The van der Waals surface area contributed by atoms with E-state index in [0.29, 0.717) is 25.5 Å². The number of fused-ring (bicyclic) bond motifs is 1. The highest BCUT2D eigenvalue weighted by molar-refractivity contribution is 7.98. The summed E-state index contributed by atoms with van der Waals surface area (Å²) < 4.78 is 6.52. The summed E-state index contributed by atoms with van der Waals surface area (Å²) in [7, 11) is 1.57. The molecule has 176 valence electrons. The van der Waals surface area contributed by atoms with Gasteiger partial charge in [0.1, 0.15) is 12.4 Å². The number of hydrogen-bond donors (Lipinski definition) is 2. The molecule has 10 heteroatoms. The van der Waals surface area contributed by atoms with E-state index in [1.54, 1.807) is 28.5 Å². The zero-order chi connectivity index (χ0) is 23.5. The number of thioether (sulfide) groups is 1. The summed E-state index contributed by atoms with van der Waals surface area (Å²) in [5, 5.41) is 10.3. The van der Waals surface area contributed by atoms with Gasteiger partial charge in [0.15, 0.2) is 0 Å². The van der Waals surface area contributed by atoms with E-state index in [-0.39, 0.29) is 30.7 Å². The summed E-state index contributed by atoms with van der Waals surface area (Å²) in [6.45, 7) is 5.21. The van der Waals surface area contributed by atoms with Crippen molar-refractivity contribution in [1.29, 1.82) is 0 Å². The molecule has 0 saturated carbocycles. The molecule has 0 aliphatic carbocycles. The largest absolute Gasteiger partial charge is 0.383 e. The van der Waals surface area contributed by atoms with Crippen LogP contribution in [0.25, 0.3) is 0 Å². The van der Waals surface area contributed by atoms with Gasteiger partial charge in [-0.3, -0.25) is 14.4 Å². The lowest BCUT2D eigenvalue weighted by Crippen LogP contribution is -2.32. The van der Waals surface area contributed by atoms with Gasteiger partial charge < -0.3 is 20.3 Å². The molecule has 2 aliphatic rings. The third kappa shape index (κ3) is 5.06. The summed E-state index contributed by atoms with van der Waals surface area (Å²) in [5.41, 5.74) is 4.92. The van der Waals surface area contributed by atoms with E-state index >= 15 is 0 Å². The molecule has 3 amide bonds. The molecule has 4 rings (SSSR count). The summed E-state index contributed by atoms with van der Waals surface area (Å²) in [6.07, 6.45) is 0.154. The molecule has 3 heterocycles. The van der Waals surface area contributed by atoms with Gasteiger partial charge in [0.05, 0.1) is 18.2 Å². The van der Waals surface area contributed by atoms with Gasteiger partial charge in [0.25, 0.3) is 0 Å². The monoisotopic (exact) mass is 471 g/mol. The quantitative estimate of drug-likeness (QED) is 0.571. The van der Waals surface area contributed by atoms with Crippen LogP contribution in [0.15, 0.2) is 18.2 Å². The van der Waals surface area contributed by atoms with Crippen molar-refractivity contribution >= 4 is 41.0 Å². The Kier molecular flexibility index (Phi) is 7.04. The fraction of sp³-hybridized carbons (Fsp3) is 0.478. The van der Waals surface area contributed by atoms with Gasteiger partial charge in [-0.05, 0) is 37.1 Å². The molecule has 0 radical (unpaired) electrons. The van der Waals surface area contributed by atoms with E-state index in [0.717, 1.165) is 39.6 Å². The number of aromatic nitrogens is 2.